The van der Waals surface area contributed by atoms with Crippen molar-refractivity contribution < 1.29 is 29.0 Å². The zero-order valence-electron chi connectivity index (χ0n) is 10.2. The standard InChI is InChI=1S/C11H17NO6/c1-17-9(13)3-2-8(11(15)16)12-10(14)7-4-5-18-6-7/h7-8H,2-6H2,1H3,(H,12,14)(H,15,16)/t7-,8-/m1/s1. The number of methoxy groups -OCH3 is 1. The van der Waals surface area contributed by atoms with E-state index >= 15 is 0 Å². The molecule has 0 unspecified atom stereocenters. The Balaban J connectivity index is 2.44. The lowest BCUT2D eigenvalue weighted by molar-refractivity contribution is -0.144. The van der Waals surface area contributed by atoms with E-state index in [1.807, 2.05) is 0 Å². The fourth-order valence-electron chi connectivity index (χ4n) is 1.65. The Morgan fingerprint density at radius 3 is 2.72 bits per heavy atom. The Labute approximate surface area is 104 Å². The molecule has 1 rings (SSSR count). The van der Waals surface area contributed by atoms with Crippen molar-refractivity contribution in [3.05, 3.63) is 0 Å². The number of carbonyl (C=O) groups is 3. The molecule has 1 heterocycles. The molecule has 0 aromatic heterocycles. The average Bonchev–Trinajstić information content (AvgIpc) is 2.87. The molecule has 1 fully saturated rings. The van der Waals surface area contributed by atoms with Gasteiger partial charge in [0.1, 0.15) is 6.04 Å². The molecule has 1 aliphatic rings. The minimum atomic E-state index is -1.16. The second-order valence-electron chi connectivity index (χ2n) is 4.07. The Morgan fingerprint density at radius 1 is 1.50 bits per heavy atom. The van der Waals surface area contributed by atoms with Crippen molar-refractivity contribution in [2.75, 3.05) is 20.3 Å². The topological polar surface area (TPSA) is 102 Å². The zero-order valence-corrected chi connectivity index (χ0v) is 10.2. The molecule has 1 amide bonds. The maximum Gasteiger partial charge on any atom is 0.326 e. The number of carbonyl (C=O) groups excluding carboxylic acids is 2. The number of esters is 1. The predicted molar refractivity (Wildman–Crippen MR) is 59.7 cm³/mol. The summed E-state index contributed by atoms with van der Waals surface area (Å²) in [6, 6.07) is -1.07. The average molecular weight is 259 g/mol. The van der Waals surface area contributed by atoms with Crippen LogP contribution in [0.15, 0.2) is 0 Å². The first-order chi connectivity index (χ1) is 8.54. The number of amides is 1. The molecule has 18 heavy (non-hydrogen) atoms. The summed E-state index contributed by atoms with van der Waals surface area (Å²) in [7, 11) is 1.23. The van der Waals surface area contributed by atoms with Crippen molar-refractivity contribution in [1.29, 1.82) is 0 Å². The van der Waals surface area contributed by atoms with Gasteiger partial charge in [-0.3, -0.25) is 9.59 Å². The van der Waals surface area contributed by atoms with E-state index in [1.54, 1.807) is 0 Å². The summed E-state index contributed by atoms with van der Waals surface area (Å²) in [5, 5.41) is 11.4. The van der Waals surface area contributed by atoms with Gasteiger partial charge in [0, 0.05) is 13.0 Å². The lowest BCUT2D eigenvalue weighted by Crippen LogP contribution is -2.44. The third-order valence-corrected chi connectivity index (χ3v) is 2.78. The molecule has 1 aliphatic heterocycles. The Bertz CT molecular complexity index is 323. The molecule has 0 bridgehead atoms. The van der Waals surface area contributed by atoms with Crippen LogP contribution < -0.4 is 5.32 Å². The number of aliphatic carboxylic acids is 1. The Hall–Kier alpha value is -1.63. The van der Waals surface area contributed by atoms with Crippen molar-refractivity contribution in [1.82, 2.24) is 5.32 Å². The number of hydrogen-bond acceptors (Lipinski definition) is 5. The number of carboxylic acid groups (broad SMARTS) is 1. The van der Waals surface area contributed by atoms with Gasteiger partial charge in [0.05, 0.1) is 19.6 Å². The highest BCUT2D eigenvalue weighted by atomic mass is 16.5. The van der Waals surface area contributed by atoms with Crippen LogP contribution in [0.3, 0.4) is 0 Å². The van der Waals surface area contributed by atoms with Gasteiger partial charge in [-0.05, 0) is 12.8 Å². The van der Waals surface area contributed by atoms with Crippen LogP contribution >= 0.6 is 0 Å². The van der Waals surface area contributed by atoms with E-state index < -0.39 is 18.0 Å². The summed E-state index contributed by atoms with van der Waals surface area (Å²) in [6.45, 7) is 0.827. The van der Waals surface area contributed by atoms with Gasteiger partial charge in [-0.15, -0.1) is 0 Å². The van der Waals surface area contributed by atoms with Crippen LogP contribution in [0.5, 0.6) is 0 Å². The van der Waals surface area contributed by atoms with Crippen LogP contribution in [0.4, 0.5) is 0 Å². The van der Waals surface area contributed by atoms with E-state index in [0.29, 0.717) is 19.6 Å². The molecule has 0 aromatic rings. The molecule has 0 aromatic carbocycles. The normalized spacial score (nSPS) is 20.2. The molecular weight excluding hydrogens is 242 g/mol. The molecule has 1 saturated heterocycles. The van der Waals surface area contributed by atoms with E-state index in [1.165, 1.54) is 7.11 Å². The summed E-state index contributed by atoms with van der Waals surface area (Å²) >= 11 is 0. The van der Waals surface area contributed by atoms with Crippen molar-refractivity contribution in [2.45, 2.75) is 25.3 Å². The summed E-state index contributed by atoms with van der Waals surface area (Å²) in [5.74, 6) is -2.30. The fraction of sp³-hybridized carbons (Fsp3) is 0.727. The summed E-state index contributed by atoms with van der Waals surface area (Å²) in [6.07, 6.45) is 0.561. The van der Waals surface area contributed by atoms with Crippen molar-refractivity contribution in [3.8, 4) is 0 Å². The molecule has 2 N–H and O–H groups in total. The molecule has 0 radical (unpaired) electrons. The lowest BCUT2D eigenvalue weighted by Gasteiger charge is -2.16. The van der Waals surface area contributed by atoms with Crippen LogP contribution in [0.25, 0.3) is 0 Å². The number of hydrogen-bond donors (Lipinski definition) is 2. The summed E-state index contributed by atoms with van der Waals surface area (Å²) in [4.78, 5) is 33.6. The van der Waals surface area contributed by atoms with E-state index in [9.17, 15) is 14.4 Å². The number of rotatable bonds is 6. The second-order valence-corrected chi connectivity index (χ2v) is 4.07. The van der Waals surface area contributed by atoms with Gasteiger partial charge in [-0.25, -0.2) is 4.79 Å². The molecule has 0 spiro atoms. The van der Waals surface area contributed by atoms with Crippen LogP contribution in [0, 0.1) is 5.92 Å². The Morgan fingerprint density at radius 2 is 2.22 bits per heavy atom. The van der Waals surface area contributed by atoms with Crippen molar-refractivity contribution in [3.63, 3.8) is 0 Å². The Kier molecular flexibility index (Phi) is 5.57. The fourth-order valence-corrected chi connectivity index (χ4v) is 1.65. The first kappa shape index (κ1) is 14.4. The van der Waals surface area contributed by atoms with Crippen LogP contribution in [0.2, 0.25) is 0 Å². The van der Waals surface area contributed by atoms with E-state index in [0.717, 1.165) is 0 Å². The summed E-state index contributed by atoms with van der Waals surface area (Å²) < 4.78 is 9.47. The SMILES string of the molecule is COC(=O)CC[C@@H](NC(=O)[C@@H]1CCOC1)C(=O)O. The van der Waals surface area contributed by atoms with Crippen LogP contribution in [0.1, 0.15) is 19.3 Å². The maximum atomic E-state index is 11.7. The lowest BCUT2D eigenvalue weighted by atomic mass is 10.1. The van der Waals surface area contributed by atoms with Gasteiger partial charge in [0.25, 0.3) is 0 Å². The molecule has 7 nitrogen and oxygen atoms in total. The molecule has 102 valence electrons. The highest BCUT2D eigenvalue weighted by molar-refractivity contribution is 5.85. The quantitative estimate of drug-likeness (QED) is 0.626. The molecule has 2 atom stereocenters. The minimum absolute atomic E-state index is 0.0152. The maximum absolute atomic E-state index is 11.7. The monoisotopic (exact) mass is 259 g/mol. The molecule has 0 aliphatic carbocycles. The number of carboxylic acids is 1. The van der Waals surface area contributed by atoms with Gasteiger partial charge >= 0.3 is 11.9 Å². The first-order valence-corrected chi connectivity index (χ1v) is 5.72. The second kappa shape index (κ2) is 6.95. The number of nitrogens with one attached hydrogen (secondary N) is 1. The number of ether oxygens (including phenoxy) is 2. The van der Waals surface area contributed by atoms with E-state index in [2.05, 4.69) is 10.1 Å². The molecular formula is C11H17NO6. The van der Waals surface area contributed by atoms with E-state index in [-0.39, 0.29) is 24.7 Å². The van der Waals surface area contributed by atoms with Crippen LogP contribution in [-0.4, -0.2) is 49.3 Å². The van der Waals surface area contributed by atoms with Gasteiger partial charge in [-0.1, -0.05) is 0 Å². The van der Waals surface area contributed by atoms with Crippen molar-refractivity contribution in [2.24, 2.45) is 5.92 Å². The third kappa shape index (κ3) is 4.33. The van der Waals surface area contributed by atoms with Gasteiger partial charge in [-0.2, -0.15) is 0 Å². The van der Waals surface area contributed by atoms with E-state index in [4.69, 9.17) is 9.84 Å². The smallest absolute Gasteiger partial charge is 0.326 e. The molecule has 7 heteroatoms. The largest absolute Gasteiger partial charge is 0.480 e. The first-order valence-electron chi connectivity index (χ1n) is 5.72. The van der Waals surface area contributed by atoms with Crippen molar-refractivity contribution >= 4 is 17.8 Å². The zero-order chi connectivity index (χ0) is 13.5. The highest BCUT2D eigenvalue weighted by Crippen LogP contribution is 2.13. The summed E-state index contributed by atoms with van der Waals surface area (Å²) in [5.41, 5.74) is 0. The predicted octanol–water partition coefficient (Wildman–Crippen LogP) is -0.454. The highest BCUT2D eigenvalue weighted by Gasteiger charge is 2.28. The molecule has 0 saturated carbocycles. The van der Waals surface area contributed by atoms with Gasteiger partial charge in [0.2, 0.25) is 5.91 Å². The minimum Gasteiger partial charge on any atom is -0.480 e. The van der Waals surface area contributed by atoms with Gasteiger partial charge in [0.15, 0.2) is 0 Å². The third-order valence-electron chi connectivity index (χ3n) is 2.78. The van der Waals surface area contributed by atoms with Gasteiger partial charge < -0.3 is 19.9 Å². The van der Waals surface area contributed by atoms with Crippen LogP contribution in [-0.2, 0) is 23.9 Å².